The Morgan fingerprint density at radius 3 is 2.54 bits per heavy atom. The number of carbonyl (C=O) groups is 1. The molecule has 0 radical (unpaired) electrons. The first-order valence-electron chi connectivity index (χ1n) is 9.25. The molecule has 0 bridgehead atoms. The minimum atomic E-state index is -0.200. The van der Waals surface area contributed by atoms with Gasteiger partial charge in [0.05, 0.1) is 7.11 Å². The molecule has 0 fully saturated rings. The molecular weight excluding hydrogens is 352 g/mol. The number of aromatic nitrogens is 2. The molecule has 0 saturated heterocycles. The second kappa shape index (κ2) is 10.1. The summed E-state index contributed by atoms with van der Waals surface area (Å²) in [5.41, 5.74) is 2.71. The van der Waals surface area contributed by atoms with Gasteiger partial charge in [-0.05, 0) is 36.1 Å². The molecule has 6 nitrogen and oxygen atoms in total. The van der Waals surface area contributed by atoms with E-state index in [9.17, 15) is 4.79 Å². The van der Waals surface area contributed by atoms with Gasteiger partial charge in [-0.2, -0.15) is 0 Å². The zero-order chi connectivity index (χ0) is 19.6. The predicted octanol–water partition coefficient (Wildman–Crippen LogP) is 3.11. The van der Waals surface area contributed by atoms with Crippen LogP contribution in [0.15, 0.2) is 67.0 Å². The molecule has 6 heteroatoms. The highest BCUT2D eigenvalue weighted by Crippen LogP contribution is 2.13. The third-order valence-corrected chi connectivity index (χ3v) is 4.30. The van der Waals surface area contributed by atoms with E-state index in [4.69, 9.17) is 4.74 Å². The highest BCUT2D eigenvalue weighted by molar-refractivity contribution is 5.92. The van der Waals surface area contributed by atoms with Crippen molar-refractivity contribution >= 4 is 11.7 Å². The molecule has 0 unspecified atom stereocenters. The lowest BCUT2D eigenvalue weighted by Gasteiger charge is -2.08. The van der Waals surface area contributed by atoms with Crippen LogP contribution in [-0.4, -0.2) is 36.1 Å². The molecule has 2 N–H and O–H groups in total. The van der Waals surface area contributed by atoms with Gasteiger partial charge in [0.25, 0.3) is 5.91 Å². The first kappa shape index (κ1) is 19.4. The Labute approximate surface area is 165 Å². The van der Waals surface area contributed by atoms with Gasteiger partial charge in [-0.1, -0.05) is 42.5 Å². The first-order chi connectivity index (χ1) is 13.7. The molecule has 0 aliphatic rings. The number of methoxy groups -OCH3 is 1. The van der Waals surface area contributed by atoms with Crippen molar-refractivity contribution in [1.82, 2.24) is 15.3 Å². The van der Waals surface area contributed by atoms with E-state index in [0.717, 1.165) is 18.6 Å². The fraction of sp³-hybridized carbons (Fsp3) is 0.227. The van der Waals surface area contributed by atoms with Gasteiger partial charge in [-0.25, -0.2) is 9.97 Å². The predicted molar refractivity (Wildman–Crippen MR) is 110 cm³/mol. The van der Waals surface area contributed by atoms with E-state index < -0.39 is 0 Å². The van der Waals surface area contributed by atoms with Crippen molar-refractivity contribution in [3.05, 3.63) is 83.8 Å². The summed E-state index contributed by atoms with van der Waals surface area (Å²) in [4.78, 5) is 20.6. The van der Waals surface area contributed by atoms with Gasteiger partial charge < -0.3 is 15.4 Å². The zero-order valence-electron chi connectivity index (χ0n) is 15.9. The van der Waals surface area contributed by atoms with Crippen LogP contribution in [0.25, 0.3) is 0 Å². The van der Waals surface area contributed by atoms with Crippen LogP contribution in [0.4, 0.5) is 5.82 Å². The largest absolute Gasteiger partial charge is 0.497 e. The summed E-state index contributed by atoms with van der Waals surface area (Å²) < 4.78 is 5.24. The monoisotopic (exact) mass is 376 g/mol. The molecular formula is C22H24N4O2. The van der Waals surface area contributed by atoms with Crippen molar-refractivity contribution in [3.63, 3.8) is 0 Å². The third kappa shape index (κ3) is 5.81. The van der Waals surface area contributed by atoms with Gasteiger partial charge in [-0.3, -0.25) is 4.79 Å². The fourth-order valence-electron chi connectivity index (χ4n) is 2.80. The average Bonchev–Trinajstić information content (AvgIpc) is 2.75. The van der Waals surface area contributed by atoms with Crippen molar-refractivity contribution in [2.24, 2.45) is 0 Å². The molecule has 1 aromatic heterocycles. The average molecular weight is 376 g/mol. The van der Waals surface area contributed by atoms with Crippen LogP contribution in [0, 0.1) is 0 Å². The van der Waals surface area contributed by atoms with E-state index in [1.165, 1.54) is 17.5 Å². The summed E-state index contributed by atoms with van der Waals surface area (Å²) in [5.74, 6) is 1.27. The van der Waals surface area contributed by atoms with Gasteiger partial charge in [0, 0.05) is 19.2 Å². The van der Waals surface area contributed by atoms with Crippen molar-refractivity contribution in [1.29, 1.82) is 0 Å². The number of hydrogen-bond acceptors (Lipinski definition) is 5. The number of nitrogens with zero attached hydrogens (tertiary/aromatic N) is 2. The Morgan fingerprint density at radius 2 is 1.71 bits per heavy atom. The Bertz CT molecular complexity index is 900. The third-order valence-electron chi connectivity index (χ3n) is 4.30. The van der Waals surface area contributed by atoms with Crippen LogP contribution in [0.1, 0.15) is 21.6 Å². The smallest absolute Gasteiger partial charge is 0.270 e. The van der Waals surface area contributed by atoms with Crippen LogP contribution in [0.3, 0.4) is 0 Å². The topological polar surface area (TPSA) is 76.1 Å². The minimum absolute atomic E-state index is 0.200. The van der Waals surface area contributed by atoms with Gasteiger partial charge in [0.15, 0.2) is 0 Å². The number of benzene rings is 2. The summed E-state index contributed by atoms with van der Waals surface area (Å²) in [5, 5.41) is 6.13. The van der Waals surface area contributed by atoms with E-state index in [-0.39, 0.29) is 5.91 Å². The lowest BCUT2D eigenvalue weighted by Crippen LogP contribution is -2.26. The number of carbonyl (C=O) groups excluding carboxylic acids is 1. The molecule has 0 aliphatic carbocycles. The number of amides is 1. The molecule has 28 heavy (non-hydrogen) atoms. The van der Waals surface area contributed by atoms with E-state index in [1.54, 1.807) is 13.2 Å². The summed E-state index contributed by atoms with van der Waals surface area (Å²) in [7, 11) is 1.66. The van der Waals surface area contributed by atoms with E-state index in [1.807, 2.05) is 48.5 Å². The van der Waals surface area contributed by atoms with Gasteiger partial charge in [0.2, 0.25) is 0 Å². The number of ether oxygens (including phenoxy) is 1. The number of nitrogens with one attached hydrogen (secondary N) is 2. The Balaban J connectivity index is 1.48. The molecule has 144 valence electrons. The maximum absolute atomic E-state index is 12.3. The summed E-state index contributed by atoms with van der Waals surface area (Å²) >= 11 is 0. The molecule has 0 atom stereocenters. The van der Waals surface area contributed by atoms with E-state index in [2.05, 4.69) is 26.7 Å². The quantitative estimate of drug-likeness (QED) is 0.600. The van der Waals surface area contributed by atoms with Gasteiger partial charge in [-0.15, -0.1) is 0 Å². The SMILES string of the molecule is COc1cccc(CCNc2cc(C(=O)NCCc3ccccc3)ncn2)c1. The van der Waals surface area contributed by atoms with Crippen LogP contribution >= 0.6 is 0 Å². The Kier molecular flexibility index (Phi) is 6.95. The minimum Gasteiger partial charge on any atom is -0.497 e. The van der Waals surface area contributed by atoms with Crippen LogP contribution in [-0.2, 0) is 12.8 Å². The van der Waals surface area contributed by atoms with E-state index >= 15 is 0 Å². The Hall–Kier alpha value is -3.41. The normalized spacial score (nSPS) is 10.3. The fourth-order valence-corrected chi connectivity index (χ4v) is 2.80. The summed E-state index contributed by atoms with van der Waals surface area (Å²) in [6.45, 7) is 1.25. The molecule has 1 heterocycles. The zero-order valence-corrected chi connectivity index (χ0v) is 15.9. The van der Waals surface area contributed by atoms with Crippen molar-refractivity contribution in [3.8, 4) is 5.75 Å². The van der Waals surface area contributed by atoms with E-state index in [0.29, 0.717) is 24.6 Å². The van der Waals surface area contributed by atoms with Gasteiger partial charge >= 0.3 is 0 Å². The lowest BCUT2D eigenvalue weighted by atomic mass is 10.1. The number of hydrogen-bond donors (Lipinski definition) is 2. The lowest BCUT2D eigenvalue weighted by molar-refractivity contribution is 0.0949. The Morgan fingerprint density at radius 1 is 0.929 bits per heavy atom. The molecule has 3 rings (SSSR count). The maximum atomic E-state index is 12.3. The van der Waals surface area contributed by atoms with Crippen molar-refractivity contribution in [2.75, 3.05) is 25.5 Å². The highest BCUT2D eigenvalue weighted by atomic mass is 16.5. The van der Waals surface area contributed by atoms with Gasteiger partial charge in [0.1, 0.15) is 23.6 Å². The molecule has 1 amide bonds. The second-order valence-electron chi connectivity index (χ2n) is 6.31. The standard InChI is InChI=1S/C22H24N4O2/c1-28-19-9-5-8-18(14-19)11-12-23-21-15-20(25-16-26-21)22(27)24-13-10-17-6-3-2-4-7-17/h2-9,14-16H,10-13H2,1H3,(H,24,27)(H,23,25,26). The highest BCUT2D eigenvalue weighted by Gasteiger charge is 2.08. The van der Waals surface area contributed by atoms with Crippen molar-refractivity contribution < 1.29 is 9.53 Å². The molecule has 0 saturated carbocycles. The molecule has 0 spiro atoms. The van der Waals surface area contributed by atoms with Crippen LogP contribution < -0.4 is 15.4 Å². The van der Waals surface area contributed by atoms with Crippen LogP contribution in [0.2, 0.25) is 0 Å². The first-order valence-corrected chi connectivity index (χ1v) is 9.25. The maximum Gasteiger partial charge on any atom is 0.270 e. The van der Waals surface area contributed by atoms with Crippen molar-refractivity contribution in [2.45, 2.75) is 12.8 Å². The van der Waals surface area contributed by atoms with Crippen LogP contribution in [0.5, 0.6) is 5.75 Å². The number of anilines is 1. The molecule has 2 aromatic carbocycles. The summed E-state index contributed by atoms with van der Waals surface area (Å²) in [6.07, 6.45) is 3.00. The summed E-state index contributed by atoms with van der Waals surface area (Å²) in [6, 6.07) is 19.7. The molecule has 0 aliphatic heterocycles. The molecule has 3 aromatic rings. The number of rotatable bonds is 9. The second-order valence-corrected chi connectivity index (χ2v) is 6.31.